The van der Waals surface area contributed by atoms with Gasteiger partial charge < -0.3 is 20.7 Å². The standard InChI is InChI=1S/C18H32N4O2.HI/c1-2-24-18(23)22-10-8-14(9-11-22)20-17(19)21-16-12-15(16)13-6-4-3-5-7-13;/h13-16H,2-12H2,1H3,(H3,19,20,21);1H. The Morgan fingerprint density at radius 3 is 2.52 bits per heavy atom. The molecule has 0 aromatic rings. The highest BCUT2D eigenvalue weighted by molar-refractivity contribution is 14.0. The molecule has 0 aromatic carbocycles. The van der Waals surface area contributed by atoms with E-state index in [1.807, 2.05) is 6.92 Å². The Kier molecular flexibility index (Phi) is 8.09. The van der Waals surface area contributed by atoms with Crippen LogP contribution in [0.3, 0.4) is 0 Å². The van der Waals surface area contributed by atoms with Gasteiger partial charge in [0.25, 0.3) is 0 Å². The van der Waals surface area contributed by atoms with Gasteiger partial charge in [0.1, 0.15) is 0 Å². The number of guanidine groups is 1. The average molecular weight is 464 g/mol. The molecule has 3 aliphatic rings. The highest BCUT2D eigenvalue weighted by atomic mass is 127. The molecule has 2 unspecified atom stereocenters. The van der Waals surface area contributed by atoms with Crippen LogP contribution in [0.4, 0.5) is 4.79 Å². The van der Waals surface area contributed by atoms with Gasteiger partial charge in [-0.2, -0.15) is 0 Å². The average Bonchev–Trinajstić information content (AvgIpc) is 3.35. The van der Waals surface area contributed by atoms with Gasteiger partial charge in [-0.25, -0.2) is 9.79 Å². The maximum Gasteiger partial charge on any atom is 0.409 e. The van der Waals surface area contributed by atoms with Crippen molar-refractivity contribution < 1.29 is 9.53 Å². The number of ether oxygens (including phenoxy) is 1. The summed E-state index contributed by atoms with van der Waals surface area (Å²) in [6, 6.07) is 0.756. The predicted molar refractivity (Wildman–Crippen MR) is 110 cm³/mol. The Morgan fingerprint density at radius 1 is 1.20 bits per heavy atom. The second-order valence-electron chi connectivity index (χ2n) is 7.48. The lowest BCUT2D eigenvalue weighted by Gasteiger charge is -2.31. The number of carbonyl (C=O) groups excluding carboxylic acids is 1. The highest BCUT2D eigenvalue weighted by Gasteiger charge is 2.43. The van der Waals surface area contributed by atoms with Crippen molar-refractivity contribution in [3.05, 3.63) is 0 Å². The molecular weight excluding hydrogens is 431 g/mol. The zero-order valence-corrected chi connectivity index (χ0v) is 17.6. The molecule has 0 radical (unpaired) electrons. The molecule has 2 atom stereocenters. The number of likely N-dealkylation sites (tertiary alicyclic amines) is 1. The molecule has 1 saturated heterocycles. The first-order chi connectivity index (χ1) is 11.7. The fourth-order valence-electron chi connectivity index (χ4n) is 4.26. The summed E-state index contributed by atoms with van der Waals surface area (Å²) in [5.41, 5.74) is 6.11. The number of halogens is 1. The first-order valence-corrected chi connectivity index (χ1v) is 9.69. The van der Waals surface area contributed by atoms with Gasteiger partial charge in [-0.1, -0.05) is 32.1 Å². The summed E-state index contributed by atoms with van der Waals surface area (Å²) in [6.45, 7) is 3.71. The third kappa shape index (κ3) is 5.89. The molecular formula is C18H33IN4O2. The Hall–Kier alpha value is -0.730. The molecule has 144 valence electrons. The number of carbonyl (C=O) groups is 1. The molecule has 3 N–H and O–H groups in total. The summed E-state index contributed by atoms with van der Waals surface area (Å²) in [5, 5.41) is 3.35. The van der Waals surface area contributed by atoms with E-state index in [1.54, 1.807) is 4.90 Å². The van der Waals surface area contributed by atoms with E-state index in [2.05, 4.69) is 5.32 Å². The van der Waals surface area contributed by atoms with Crippen molar-refractivity contribution >= 4 is 36.0 Å². The lowest BCUT2D eigenvalue weighted by molar-refractivity contribution is 0.0963. The minimum absolute atomic E-state index is 0. The number of hydrogen-bond acceptors (Lipinski definition) is 3. The normalized spacial score (nSPS) is 28.2. The third-order valence-corrected chi connectivity index (χ3v) is 5.74. The van der Waals surface area contributed by atoms with Crippen LogP contribution < -0.4 is 11.1 Å². The largest absolute Gasteiger partial charge is 0.450 e. The monoisotopic (exact) mass is 464 g/mol. The smallest absolute Gasteiger partial charge is 0.409 e. The number of nitrogens with two attached hydrogens (primary N) is 1. The lowest BCUT2D eigenvalue weighted by atomic mass is 9.85. The topological polar surface area (TPSA) is 80.0 Å². The molecule has 7 heteroatoms. The van der Waals surface area contributed by atoms with Crippen LogP contribution >= 0.6 is 24.0 Å². The van der Waals surface area contributed by atoms with Crippen LogP contribution in [0.2, 0.25) is 0 Å². The van der Waals surface area contributed by atoms with Gasteiger partial charge in [-0.15, -0.1) is 24.0 Å². The number of piperidine rings is 1. The summed E-state index contributed by atoms with van der Waals surface area (Å²) in [5.74, 6) is 2.25. The second-order valence-corrected chi connectivity index (χ2v) is 7.48. The van der Waals surface area contributed by atoms with Crippen molar-refractivity contribution in [2.75, 3.05) is 19.7 Å². The Bertz CT molecular complexity index is 460. The molecule has 25 heavy (non-hydrogen) atoms. The Balaban J connectivity index is 0.00000225. The lowest BCUT2D eigenvalue weighted by Crippen LogP contribution is -2.48. The third-order valence-electron chi connectivity index (χ3n) is 5.74. The van der Waals surface area contributed by atoms with Crippen molar-refractivity contribution in [2.45, 2.75) is 70.4 Å². The van der Waals surface area contributed by atoms with E-state index in [0.717, 1.165) is 37.8 Å². The van der Waals surface area contributed by atoms with E-state index in [4.69, 9.17) is 15.5 Å². The quantitative estimate of drug-likeness (QED) is 0.381. The van der Waals surface area contributed by atoms with Gasteiger partial charge in [0, 0.05) is 19.1 Å². The first kappa shape index (κ1) is 20.6. The maximum absolute atomic E-state index is 11.7. The Morgan fingerprint density at radius 2 is 1.88 bits per heavy atom. The molecule has 0 spiro atoms. The van der Waals surface area contributed by atoms with Crippen LogP contribution in [0.15, 0.2) is 4.99 Å². The van der Waals surface area contributed by atoms with Crippen molar-refractivity contribution in [2.24, 2.45) is 22.6 Å². The number of aliphatic imine (C=N–C) groups is 1. The molecule has 0 aromatic heterocycles. The summed E-state index contributed by atoms with van der Waals surface area (Å²) in [7, 11) is 0. The number of amides is 1. The van der Waals surface area contributed by atoms with Crippen LogP contribution in [0.1, 0.15) is 58.3 Å². The van der Waals surface area contributed by atoms with Gasteiger partial charge in [-0.05, 0) is 38.0 Å². The van der Waals surface area contributed by atoms with E-state index in [1.165, 1.54) is 38.5 Å². The van der Waals surface area contributed by atoms with Gasteiger partial charge in [0.15, 0.2) is 5.96 Å². The van der Waals surface area contributed by atoms with Crippen LogP contribution in [-0.2, 0) is 4.74 Å². The summed E-state index contributed by atoms with van der Waals surface area (Å²) in [6.07, 6.45) is 9.77. The minimum Gasteiger partial charge on any atom is -0.450 e. The predicted octanol–water partition coefficient (Wildman–Crippen LogP) is 3.10. The summed E-state index contributed by atoms with van der Waals surface area (Å²) < 4.78 is 5.05. The van der Waals surface area contributed by atoms with Gasteiger partial charge >= 0.3 is 6.09 Å². The number of rotatable bonds is 4. The van der Waals surface area contributed by atoms with E-state index in [0.29, 0.717) is 24.7 Å². The molecule has 2 saturated carbocycles. The van der Waals surface area contributed by atoms with E-state index >= 15 is 0 Å². The molecule has 1 heterocycles. The SMILES string of the molecule is CCOC(=O)N1CCC(NC(N)=NC2CC2C2CCCCC2)CC1.I. The first-order valence-electron chi connectivity index (χ1n) is 9.69. The van der Waals surface area contributed by atoms with Crippen LogP contribution in [-0.4, -0.2) is 48.7 Å². The fourth-order valence-corrected chi connectivity index (χ4v) is 4.26. The number of hydrogen-bond donors (Lipinski definition) is 2. The van der Waals surface area contributed by atoms with Crippen LogP contribution in [0, 0.1) is 11.8 Å². The minimum atomic E-state index is -0.203. The van der Waals surface area contributed by atoms with Crippen molar-refractivity contribution in [3.8, 4) is 0 Å². The Labute approximate surface area is 168 Å². The second kappa shape index (κ2) is 9.83. The molecule has 2 aliphatic carbocycles. The summed E-state index contributed by atoms with van der Waals surface area (Å²) >= 11 is 0. The zero-order valence-electron chi connectivity index (χ0n) is 15.3. The van der Waals surface area contributed by atoms with Crippen LogP contribution in [0.25, 0.3) is 0 Å². The highest BCUT2D eigenvalue weighted by Crippen LogP contribution is 2.46. The molecule has 1 aliphatic heterocycles. The molecule has 3 rings (SSSR count). The molecule has 6 nitrogen and oxygen atoms in total. The molecule has 3 fully saturated rings. The van der Waals surface area contributed by atoms with Crippen molar-refractivity contribution in [3.63, 3.8) is 0 Å². The van der Waals surface area contributed by atoms with Crippen LogP contribution in [0.5, 0.6) is 0 Å². The number of nitrogens with one attached hydrogen (secondary N) is 1. The molecule has 1 amide bonds. The summed E-state index contributed by atoms with van der Waals surface area (Å²) in [4.78, 5) is 18.2. The van der Waals surface area contributed by atoms with Gasteiger partial charge in [0.2, 0.25) is 0 Å². The van der Waals surface area contributed by atoms with Gasteiger partial charge in [0.05, 0.1) is 12.6 Å². The zero-order chi connectivity index (χ0) is 16.9. The number of nitrogens with zero attached hydrogens (tertiary/aromatic N) is 2. The van der Waals surface area contributed by atoms with E-state index in [9.17, 15) is 4.79 Å². The fraction of sp³-hybridized carbons (Fsp3) is 0.889. The molecule has 0 bridgehead atoms. The van der Waals surface area contributed by atoms with Crippen molar-refractivity contribution in [1.29, 1.82) is 0 Å². The van der Waals surface area contributed by atoms with E-state index < -0.39 is 0 Å². The maximum atomic E-state index is 11.7. The van der Waals surface area contributed by atoms with Crippen molar-refractivity contribution in [1.82, 2.24) is 10.2 Å². The van der Waals surface area contributed by atoms with Gasteiger partial charge in [-0.3, -0.25) is 0 Å². The van der Waals surface area contributed by atoms with E-state index in [-0.39, 0.29) is 30.1 Å².